The van der Waals surface area contributed by atoms with Crippen LogP contribution < -0.4 is 10.6 Å². The van der Waals surface area contributed by atoms with Crippen molar-refractivity contribution in [2.24, 2.45) is 0 Å². The first kappa shape index (κ1) is 25.5. The van der Waals surface area contributed by atoms with Crippen LogP contribution in [0.25, 0.3) is 0 Å². The van der Waals surface area contributed by atoms with Gasteiger partial charge in [-0.05, 0) is 54.1 Å². The quantitative estimate of drug-likeness (QED) is 0.453. The number of carbonyl (C=O) groups is 3. The van der Waals surface area contributed by atoms with Crippen LogP contribution in [-0.4, -0.2) is 32.0 Å². The predicted octanol–water partition coefficient (Wildman–Crippen LogP) is 4.41. The van der Waals surface area contributed by atoms with Gasteiger partial charge in [0.15, 0.2) is 5.76 Å². The zero-order valence-corrected chi connectivity index (χ0v) is 18.7. The molecule has 35 heavy (non-hydrogen) atoms. The first-order valence-corrected chi connectivity index (χ1v) is 10.2. The number of furan rings is 1. The van der Waals surface area contributed by atoms with Gasteiger partial charge in [-0.25, -0.2) is 4.79 Å². The molecule has 2 N–H and O–H groups in total. The number of hydrogen-bond acceptors (Lipinski definition) is 6. The van der Waals surface area contributed by atoms with Gasteiger partial charge in [-0.3, -0.25) is 9.59 Å². The molecule has 0 radical (unpaired) electrons. The average molecular weight is 490 g/mol. The van der Waals surface area contributed by atoms with E-state index in [1.165, 1.54) is 44.6 Å². The zero-order chi connectivity index (χ0) is 25.6. The third kappa shape index (κ3) is 6.70. The van der Waals surface area contributed by atoms with Gasteiger partial charge in [-0.1, -0.05) is 6.07 Å². The minimum atomic E-state index is -4.61. The molecule has 184 valence electrons. The summed E-state index contributed by atoms with van der Waals surface area (Å²) in [5.41, 5.74) is -0.575. The molecule has 0 atom stereocenters. The van der Waals surface area contributed by atoms with Gasteiger partial charge in [-0.2, -0.15) is 13.2 Å². The number of esters is 1. The Hall–Kier alpha value is -4.12. The summed E-state index contributed by atoms with van der Waals surface area (Å²) in [6.45, 7) is 0.153. The highest BCUT2D eigenvalue weighted by Gasteiger charge is 2.31. The lowest BCUT2D eigenvalue weighted by atomic mass is 10.1. The second-order valence-corrected chi connectivity index (χ2v) is 7.32. The Morgan fingerprint density at radius 3 is 2.40 bits per heavy atom. The van der Waals surface area contributed by atoms with Crippen LogP contribution in [0.15, 0.2) is 59.0 Å². The fourth-order valence-electron chi connectivity index (χ4n) is 3.13. The predicted molar refractivity (Wildman–Crippen MR) is 118 cm³/mol. The maximum absolute atomic E-state index is 13.0. The summed E-state index contributed by atoms with van der Waals surface area (Å²) >= 11 is 0. The van der Waals surface area contributed by atoms with Crippen molar-refractivity contribution in [3.8, 4) is 0 Å². The third-order valence-electron chi connectivity index (χ3n) is 4.75. The van der Waals surface area contributed by atoms with E-state index in [0.29, 0.717) is 11.3 Å². The van der Waals surface area contributed by atoms with Gasteiger partial charge in [0.1, 0.15) is 12.4 Å². The molecule has 0 saturated carbocycles. The number of rotatable bonds is 8. The number of methoxy groups -OCH3 is 2. The van der Waals surface area contributed by atoms with E-state index in [9.17, 15) is 27.6 Å². The smallest absolute Gasteiger partial charge is 0.416 e. The number of benzene rings is 2. The van der Waals surface area contributed by atoms with Gasteiger partial charge in [0.05, 0.1) is 18.2 Å². The molecule has 1 heterocycles. The summed E-state index contributed by atoms with van der Waals surface area (Å²) in [5, 5.41) is 5.10. The molecule has 2 aromatic carbocycles. The molecule has 1 aromatic heterocycles. The Labute approximate surface area is 198 Å². The molecule has 0 aliphatic rings. The van der Waals surface area contributed by atoms with Crippen LogP contribution in [0.2, 0.25) is 0 Å². The molecule has 0 aliphatic heterocycles. The lowest BCUT2D eigenvalue weighted by Crippen LogP contribution is -2.22. The monoisotopic (exact) mass is 490 g/mol. The van der Waals surface area contributed by atoms with Crippen molar-refractivity contribution >= 4 is 23.5 Å². The van der Waals surface area contributed by atoms with Crippen LogP contribution in [0.4, 0.5) is 18.9 Å². The highest BCUT2D eigenvalue weighted by atomic mass is 19.4. The Balaban J connectivity index is 1.79. The topological polar surface area (TPSA) is 107 Å². The second kappa shape index (κ2) is 10.9. The maximum atomic E-state index is 13.0. The van der Waals surface area contributed by atoms with Gasteiger partial charge >= 0.3 is 12.1 Å². The van der Waals surface area contributed by atoms with Crippen LogP contribution in [0.3, 0.4) is 0 Å². The largest absolute Gasteiger partial charge is 0.465 e. The normalized spacial score (nSPS) is 11.1. The van der Waals surface area contributed by atoms with Crippen LogP contribution >= 0.6 is 0 Å². The molecule has 0 saturated heterocycles. The molecule has 11 heteroatoms. The lowest BCUT2D eigenvalue weighted by molar-refractivity contribution is -0.137. The first-order chi connectivity index (χ1) is 16.6. The van der Waals surface area contributed by atoms with Gasteiger partial charge < -0.3 is 24.5 Å². The van der Waals surface area contributed by atoms with Crippen molar-refractivity contribution in [1.29, 1.82) is 0 Å². The van der Waals surface area contributed by atoms with Crippen LogP contribution in [0.5, 0.6) is 0 Å². The molecule has 0 bridgehead atoms. The van der Waals surface area contributed by atoms with Gasteiger partial charge in [0.25, 0.3) is 11.8 Å². The summed E-state index contributed by atoms with van der Waals surface area (Å²) in [7, 11) is 2.66. The van der Waals surface area contributed by atoms with E-state index in [1.807, 2.05) is 0 Å². The number of hydrogen-bond donors (Lipinski definition) is 2. The number of anilines is 1. The summed E-state index contributed by atoms with van der Waals surface area (Å²) < 4.78 is 53.9. The molecule has 0 unspecified atom stereocenters. The number of amides is 2. The van der Waals surface area contributed by atoms with E-state index in [2.05, 4.69) is 10.6 Å². The molecule has 8 nitrogen and oxygen atoms in total. The summed E-state index contributed by atoms with van der Waals surface area (Å²) in [4.78, 5) is 37.0. The van der Waals surface area contributed by atoms with Crippen molar-refractivity contribution in [2.45, 2.75) is 19.3 Å². The molecule has 0 fully saturated rings. The first-order valence-electron chi connectivity index (χ1n) is 10.2. The number of alkyl halides is 3. The minimum Gasteiger partial charge on any atom is -0.465 e. The van der Waals surface area contributed by atoms with Gasteiger partial charge in [0.2, 0.25) is 0 Å². The standard InChI is InChI=1S/C24H21F3N2O6/c1-33-13-19-6-7-20(35-19)22(31)28-12-14-8-16(23(32)34-2)11-18(9-14)29-21(30)15-4-3-5-17(10-15)24(25,26)27/h3-11H,12-13H2,1-2H3,(H,28,31)(H,29,30). The highest BCUT2D eigenvalue weighted by Crippen LogP contribution is 2.29. The number of carbonyl (C=O) groups excluding carboxylic acids is 3. The second-order valence-electron chi connectivity index (χ2n) is 7.32. The van der Waals surface area contributed by atoms with E-state index < -0.39 is 29.5 Å². The Kier molecular flexibility index (Phi) is 7.92. The van der Waals surface area contributed by atoms with Crippen molar-refractivity contribution in [3.05, 3.63) is 88.4 Å². The van der Waals surface area contributed by atoms with Gasteiger partial charge in [0, 0.05) is 24.9 Å². The van der Waals surface area contributed by atoms with E-state index >= 15 is 0 Å². The fourth-order valence-corrected chi connectivity index (χ4v) is 3.13. The van der Waals surface area contributed by atoms with E-state index in [-0.39, 0.29) is 35.7 Å². The molecule has 3 aromatic rings. The molecular weight excluding hydrogens is 469 g/mol. The summed E-state index contributed by atoms with van der Waals surface area (Å²) in [6, 6.07) is 11.2. The molecule has 2 amide bonds. The van der Waals surface area contributed by atoms with Crippen molar-refractivity contribution in [3.63, 3.8) is 0 Å². The summed E-state index contributed by atoms with van der Waals surface area (Å²) in [5.74, 6) is -1.52. The number of ether oxygens (including phenoxy) is 2. The maximum Gasteiger partial charge on any atom is 0.416 e. The molecule has 0 spiro atoms. The van der Waals surface area contributed by atoms with Crippen molar-refractivity contribution < 1.29 is 41.4 Å². The number of nitrogens with one attached hydrogen (secondary N) is 2. The Bertz CT molecular complexity index is 1240. The zero-order valence-electron chi connectivity index (χ0n) is 18.7. The minimum absolute atomic E-state index is 0.0452. The van der Waals surface area contributed by atoms with E-state index in [4.69, 9.17) is 13.9 Å². The van der Waals surface area contributed by atoms with E-state index in [1.54, 1.807) is 6.07 Å². The molecule has 3 rings (SSSR count). The number of halogens is 3. The molecular formula is C24H21F3N2O6. The lowest BCUT2D eigenvalue weighted by Gasteiger charge is -2.12. The molecule has 0 aliphatic carbocycles. The fraction of sp³-hybridized carbons (Fsp3) is 0.208. The van der Waals surface area contributed by atoms with Gasteiger partial charge in [-0.15, -0.1) is 0 Å². The Morgan fingerprint density at radius 1 is 0.943 bits per heavy atom. The SMILES string of the molecule is COCc1ccc(C(=O)NCc2cc(NC(=O)c3cccc(C(F)(F)F)c3)cc(C(=O)OC)c2)o1. The van der Waals surface area contributed by atoms with Crippen LogP contribution in [0, 0.1) is 0 Å². The van der Waals surface area contributed by atoms with Crippen molar-refractivity contribution in [1.82, 2.24) is 5.32 Å². The van der Waals surface area contributed by atoms with Crippen LogP contribution in [0.1, 0.15) is 48.2 Å². The Morgan fingerprint density at radius 2 is 1.71 bits per heavy atom. The average Bonchev–Trinajstić information content (AvgIpc) is 3.30. The highest BCUT2D eigenvalue weighted by molar-refractivity contribution is 6.05. The van der Waals surface area contributed by atoms with E-state index in [0.717, 1.165) is 18.2 Å². The summed E-state index contributed by atoms with van der Waals surface area (Å²) in [6.07, 6.45) is -4.61. The van der Waals surface area contributed by atoms with Crippen molar-refractivity contribution in [2.75, 3.05) is 19.5 Å². The van der Waals surface area contributed by atoms with Crippen LogP contribution in [-0.2, 0) is 28.8 Å². The third-order valence-corrected chi connectivity index (χ3v) is 4.75.